The van der Waals surface area contributed by atoms with E-state index in [-0.39, 0.29) is 11.7 Å². The molecule has 1 aromatic carbocycles. The summed E-state index contributed by atoms with van der Waals surface area (Å²) in [5.74, 6) is -0.465. The zero-order valence-electron chi connectivity index (χ0n) is 10.8. The predicted molar refractivity (Wildman–Crippen MR) is 71.2 cm³/mol. The average molecular weight is 267 g/mol. The van der Waals surface area contributed by atoms with Crippen molar-refractivity contribution in [2.45, 2.75) is 18.9 Å². The molecule has 1 fully saturated rings. The molecule has 104 valence electrons. The van der Waals surface area contributed by atoms with Crippen molar-refractivity contribution in [2.24, 2.45) is 10.9 Å². The monoisotopic (exact) mass is 267 g/mol. The van der Waals surface area contributed by atoms with E-state index in [0.717, 1.165) is 12.8 Å². The Morgan fingerprint density at radius 1 is 1.58 bits per heavy atom. The Labute approximate surface area is 111 Å². The summed E-state index contributed by atoms with van der Waals surface area (Å²) < 4.78 is 19.2. The fraction of sp³-hybridized carbons (Fsp3) is 0.462. The number of anilines is 1. The summed E-state index contributed by atoms with van der Waals surface area (Å²) >= 11 is 0. The van der Waals surface area contributed by atoms with Crippen LogP contribution in [-0.4, -0.2) is 37.3 Å². The third kappa shape index (κ3) is 3.14. The molecule has 0 heterocycles. The van der Waals surface area contributed by atoms with Crippen molar-refractivity contribution in [3.05, 3.63) is 29.6 Å². The summed E-state index contributed by atoms with van der Waals surface area (Å²) in [5.41, 5.74) is 6.34. The van der Waals surface area contributed by atoms with Gasteiger partial charge in [-0.25, -0.2) is 4.39 Å². The van der Waals surface area contributed by atoms with Crippen LogP contribution < -0.4 is 10.6 Å². The lowest BCUT2D eigenvalue weighted by atomic mass is 10.1. The molecule has 0 aromatic heterocycles. The molecule has 0 aliphatic heterocycles. The number of hydrogen-bond acceptors (Lipinski definition) is 4. The van der Waals surface area contributed by atoms with E-state index in [1.165, 1.54) is 6.07 Å². The number of nitrogens with zero attached hydrogens (tertiary/aromatic N) is 2. The van der Waals surface area contributed by atoms with Crippen LogP contribution in [-0.2, 0) is 4.74 Å². The van der Waals surface area contributed by atoms with Crippen LogP contribution in [0.1, 0.15) is 18.4 Å². The SMILES string of the molecule is COCCN(c1ccc(/C(N)=N/O)cc1F)C1CC1. The van der Waals surface area contributed by atoms with Gasteiger partial charge in [0.1, 0.15) is 5.82 Å². The number of amidine groups is 1. The van der Waals surface area contributed by atoms with Gasteiger partial charge < -0.3 is 20.6 Å². The Morgan fingerprint density at radius 3 is 2.84 bits per heavy atom. The van der Waals surface area contributed by atoms with E-state index in [2.05, 4.69) is 5.16 Å². The summed E-state index contributed by atoms with van der Waals surface area (Å²) in [7, 11) is 1.63. The van der Waals surface area contributed by atoms with Gasteiger partial charge in [0.2, 0.25) is 0 Å². The van der Waals surface area contributed by atoms with Crippen molar-refractivity contribution in [1.82, 2.24) is 0 Å². The zero-order valence-corrected chi connectivity index (χ0v) is 10.8. The van der Waals surface area contributed by atoms with Crippen molar-refractivity contribution in [3.63, 3.8) is 0 Å². The van der Waals surface area contributed by atoms with Crippen LogP contribution in [0.15, 0.2) is 23.4 Å². The number of nitrogens with two attached hydrogens (primary N) is 1. The van der Waals surface area contributed by atoms with E-state index in [0.29, 0.717) is 30.4 Å². The molecule has 2 rings (SSSR count). The first-order valence-electron chi connectivity index (χ1n) is 6.20. The Morgan fingerprint density at radius 2 is 2.32 bits per heavy atom. The fourth-order valence-electron chi connectivity index (χ4n) is 2.03. The van der Waals surface area contributed by atoms with E-state index >= 15 is 0 Å². The molecule has 0 atom stereocenters. The van der Waals surface area contributed by atoms with Crippen LogP contribution in [0, 0.1) is 5.82 Å². The van der Waals surface area contributed by atoms with Gasteiger partial charge in [0.25, 0.3) is 0 Å². The van der Waals surface area contributed by atoms with Gasteiger partial charge in [-0.3, -0.25) is 0 Å². The molecule has 3 N–H and O–H groups in total. The van der Waals surface area contributed by atoms with Gasteiger partial charge in [-0.2, -0.15) is 0 Å². The first-order chi connectivity index (χ1) is 9.17. The Bertz CT molecular complexity index is 475. The second-order valence-electron chi connectivity index (χ2n) is 4.57. The number of methoxy groups -OCH3 is 1. The average Bonchev–Trinajstić information content (AvgIpc) is 3.24. The van der Waals surface area contributed by atoms with Crippen molar-refractivity contribution >= 4 is 11.5 Å². The van der Waals surface area contributed by atoms with Crippen molar-refractivity contribution in [3.8, 4) is 0 Å². The quantitative estimate of drug-likeness (QED) is 0.355. The topological polar surface area (TPSA) is 71.1 Å². The highest BCUT2D eigenvalue weighted by Crippen LogP contribution is 2.33. The van der Waals surface area contributed by atoms with Gasteiger partial charge >= 0.3 is 0 Å². The number of oxime groups is 1. The van der Waals surface area contributed by atoms with Gasteiger partial charge in [0.15, 0.2) is 5.84 Å². The lowest BCUT2D eigenvalue weighted by molar-refractivity contribution is 0.204. The van der Waals surface area contributed by atoms with Gasteiger partial charge in [0.05, 0.1) is 12.3 Å². The van der Waals surface area contributed by atoms with E-state index in [4.69, 9.17) is 15.7 Å². The van der Waals surface area contributed by atoms with Crippen LogP contribution in [0.4, 0.5) is 10.1 Å². The maximum absolute atomic E-state index is 14.1. The Hall–Kier alpha value is -1.82. The smallest absolute Gasteiger partial charge is 0.170 e. The molecule has 6 heteroatoms. The summed E-state index contributed by atoms with van der Waals surface area (Å²) in [5, 5.41) is 11.5. The number of benzene rings is 1. The molecule has 0 bridgehead atoms. The maximum atomic E-state index is 14.1. The summed E-state index contributed by atoms with van der Waals surface area (Å²) in [6, 6.07) is 4.98. The summed E-state index contributed by atoms with van der Waals surface area (Å²) in [4.78, 5) is 2.01. The van der Waals surface area contributed by atoms with Gasteiger partial charge in [-0.05, 0) is 31.0 Å². The van der Waals surface area contributed by atoms with E-state index in [1.807, 2.05) is 4.90 Å². The minimum atomic E-state index is -0.368. The number of ether oxygens (including phenoxy) is 1. The molecule has 19 heavy (non-hydrogen) atoms. The standard InChI is InChI=1S/C13H18FN3O2/c1-19-7-6-17(10-3-4-10)12-5-2-9(8-11(12)14)13(15)16-18/h2,5,8,10,18H,3-4,6-7H2,1H3,(H2,15,16). The largest absolute Gasteiger partial charge is 0.409 e. The van der Waals surface area contributed by atoms with Crippen molar-refractivity contribution in [1.29, 1.82) is 0 Å². The minimum Gasteiger partial charge on any atom is -0.409 e. The molecule has 0 radical (unpaired) electrons. The normalized spacial score (nSPS) is 15.6. The van der Waals surface area contributed by atoms with E-state index in [9.17, 15) is 4.39 Å². The highest BCUT2D eigenvalue weighted by molar-refractivity contribution is 5.97. The molecule has 1 aliphatic carbocycles. The van der Waals surface area contributed by atoms with Crippen LogP contribution >= 0.6 is 0 Å². The van der Waals surface area contributed by atoms with Crippen LogP contribution in [0.5, 0.6) is 0 Å². The first kappa shape index (κ1) is 13.6. The molecule has 0 spiro atoms. The fourth-order valence-corrected chi connectivity index (χ4v) is 2.03. The lowest BCUT2D eigenvalue weighted by Gasteiger charge is -2.25. The van der Waals surface area contributed by atoms with Crippen molar-refractivity contribution < 1.29 is 14.3 Å². The molecule has 0 unspecified atom stereocenters. The highest BCUT2D eigenvalue weighted by atomic mass is 19.1. The van der Waals surface area contributed by atoms with Crippen LogP contribution in [0.3, 0.4) is 0 Å². The summed E-state index contributed by atoms with van der Waals surface area (Å²) in [6.07, 6.45) is 2.15. The Balaban J connectivity index is 2.22. The molecule has 1 saturated carbocycles. The molecule has 0 amide bonds. The van der Waals surface area contributed by atoms with Crippen molar-refractivity contribution in [2.75, 3.05) is 25.2 Å². The first-order valence-corrected chi connectivity index (χ1v) is 6.20. The van der Waals surface area contributed by atoms with Crippen LogP contribution in [0.25, 0.3) is 0 Å². The molecule has 1 aliphatic rings. The minimum absolute atomic E-state index is 0.0969. The third-order valence-electron chi connectivity index (χ3n) is 3.18. The van der Waals surface area contributed by atoms with E-state index in [1.54, 1.807) is 19.2 Å². The number of hydrogen-bond donors (Lipinski definition) is 2. The zero-order chi connectivity index (χ0) is 13.8. The van der Waals surface area contributed by atoms with E-state index < -0.39 is 0 Å². The molecule has 5 nitrogen and oxygen atoms in total. The Kier molecular flexibility index (Phi) is 4.21. The van der Waals surface area contributed by atoms with Crippen LogP contribution in [0.2, 0.25) is 0 Å². The van der Waals surface area contributed by atoms with Gasteiger partial charge in [-0.15, -0.1) is 0 Å². The van der Waals surface area contributed by atoms with Gasteiger partial charge in [0, 0.05) is 25.3 Å². The molecule has 0 saturated heterocycles. The predicted octanol–water partition coefficient (Wildman–Crippen LogP) is 1.54. The summed E-state index contributed by atoms with van der Waals surface area (Å²) in [6.45, 7) is 1.21. The molecular weight excluding hydrogens is 249 g/mol. The second-order valence-corrected chi connectivity index (χ2v) is 4.57. The highest BCUT2D eigenvalue weighted by Gasteiger charge is 2.30. The number of rotatable bonds is 6. The third-order valence-corrected chi connectivity index (χ3v) is 3.18. The molecular formula is C13H18FN3O2. The number of halogens is 1. The van der Waals surface area contributed by atoms with Gasteiger partial charge in [-0.1, -0.05) is 5.16 Å². The lowest BCUT2D eigenvalue weighted by Crippen LogP contribution is -2.30. The second kappa shape index (κ2) is 5.88. The maximum Gasteiger partial charge on any atom is 0.170 e. The molecule has 1 aromatic rings.